The Morgan fingerprint density at radius 2 is 1.79 bits per heavy atom. The smallest absolute Gasteiger partial charge is 0.403 e. The zero-order valence-electron chi connectivity index (χ0n) is 11.1. The first-order valence-corrected chi connectivity index (χ1v) is 6.01. The summed E-state index contributed by atoms with van der Waals surface area (Å²) in [5.41, 5.74) is 5.31. The van der Waals surface area contributed by atoms with E-state index in [1.165, 1.54) is 0 Å². The number of rotatable bonds is 3. The average molecular weight is 288 g/mol. The number of hydrogen-bond donors (Lipinski definition) is 2. The minimum Gasteiger partial charge on any atom is -0.481 e. The predicted molar refractivity (Wildman–Crippen MR) is 74.4 cm³/mol. The number of carboxylic acids is 1. The summed E-state index contributed by atoms with van der Waals surface area (Å²) in [5.74, 6) is -0.836. The fourth-order valence-electron chi connectivity index (χ4n) is 1.14. The molecule has 1 aromatic rings. The Morgan fingerprint density at radius 1 is 1.32 bits per heavy atom. The third kappa shape index (κ3) is 6.10. The van der Waals surface area contributed by atoms with Gasteiger partial charge in [0, 0.05) is 17.3 Å². The number of hydrogen-bond acceptors (Lipinski definition) is 4. The van der Waals surface area contributed by atoms with E-state index in [9.17, 15) is 9.59 Å². The van der Waals surface area contributed by atoms with E-state index in [0.29, 0.717) is 12.3 Å². The lowest BCUT2D eigenvalue weighted by Crippen LogP contribution is -2.28. The van der Waals surface area contributed by atoms with Crippen molar-refractivity contribution in [3.8, 4) is 0 Å². The maximum atomic E-state index is 10.9. The van der Waals surface area contributed by atoms with Crippen molar-refractivity contribution in [1.82, 2.24) is 0 Å². The van der Waals surface area contributed by atoms with Crippen LogP contribution in [0.5, 0.6) is 0 Å². The van der Waals surface area contributed by atoms with Gasteiger partial charge in [0.15, 0.2) is 0 Å². The Balaban J connectivity index is 0.000000459. The molecule has 106 valence electrons. The van der Waals surface area contributed by atoms with Crippen LogP contribution in [0.3, 0.4) is 0 Å². The Labute approximate surface area is 117 Å². The number of ether oxygens (including phenoxy) is 1. The fraction of sp³-hybridized carbons (Fsp3) is 0.385. The molecule has 0 aliphatic rings. The van der Waals surface area contributed by atoms with Gasteiger partial charge in [0.25, 0.3) is 0 Å². The topological polar surface area (TPSA) is 89.6 Å². The maximum absolute atomic E-state index is 10.9. The molecule has 0 aliphatic carbocycles. The first kappa shape index (κ1) is 17.2. The van der Waals surface area contributed by atoms with Gasteiger partial charge in [-0.15, -0.1) is 0 Å². The van der Waals surface area contributed by atoms with Gasteiger partial charge in [-0.1, -0.05) is 12.1 Å². The van der Waals surface area contributed by atoms with Crippen molar-refractivity contribution < 1.29 is 19.4 Å². The highest BCUT2D eigenvalue weighted by atomic mass is 35.5. The van der Waals surface area contributed by atoms with E-state index in [1.807, 2.05) is 0 Å². The highest BCUT2D eigenvalue weighted by Gasteiger charge is 2.28. The van der Waals surface area contributed by atoms with E-state index in [0.717, 1.165) is 5.56 Å². The highest BCUT2D eigenvalue weighted by Crippen LogP contribution is 2.23. The standard InChI is InChI=1S/C10H13NO2.C3H5ClO2/c1-10(2,9(12)13)7-3-5-8(11)6-4-7;1-2-6-3(4)5/h3-6H,11H2,1-2H3,(H,12,13);2H2,1H3. The van der Waals surface area contributed by atoms with Crippen LogP contribution in [0.1, 0.15) is 26.3 Å². The molecule has 0 saturated carbocycles. The van der Waals surface area contributed by atoms with E-state index >= 15 is 0 Å². The number of nitrogens with two attached hydrogens (primary N) is 1. The van der Waals surface area contributed by atoms with Gasteiger partial charge in [0.1, 0.15) is 0 Å². The van der Waals surface area contributed by atoms with E-state index in [-0.39, 0.29) is 0 Å². The van der Waals surface area contributed by atoms with Gasteiger partial charge in [0.05, 0.1) is 12.0 Å². The second kappa shape index (κ2) is 7.63. The maximum Gasteiger partial charge on any atom is 0.403 e. The normalized spacial score (nSPS) is 10.1. The molecule has 0 unspecified atom stereocenters. The molecule has 0 amide bonds. The summed E-state index contributed by atoms with van der Waals surface area (Å²) in [5, 5.41) is 8.93. The molecule has 0 aromatic heterocycles. The monoisotopic (exact) mass is 287 g/mol. The summed E-state index contributed by atoms with van der Waals surface area (Å²) in [4.78, 5) is 20.5. The molecule has 6 heteroatoms. The molecule has 3 N–H and O–H groups in total. The molecule has 0 fully saturated rings. The first-order chi connectivity index (χ1) is 8.71. The van der Waals surface area contributed by atoms with Gasteiger partial charge in [-0.05, 0) is 38.5 Å². The molecule has 0 saturated heterocycles. The Morgan fingerprint density at radius 3 is 2.05 bits per heavy atom. The molecule has 0 atom stereocenters. The molecule has 0 spiro atoms. The van der Waals surface area contributed by atoms with Crippen molar-refractivity contribution in [3.63, 3.8) is 0 Å². The van der Waals surface area contributed by atoms with Crippen molar-refractivity contribution in [2.24, 2.45) is 0 Å². The van der Waals surface area contributed by atoms with E-state index < -0.39 is 16.8 Å². The predicted octanol–water partition coefficient (Wildman–Crippen LogP) is 3.01. The summed E-state index contributed by atoms with van der Waals surface area (Å²) < 4.78 is 4.17. The third-order valence-electron chi connectivity index (χ3n) is 2.42. The summed E-state index contributed by atoms with van der Waals surface area (Å²) in [6.07, 6.45) is 0. The summed E-state index contributed by atoms with van der Waals surface area (Å²) in [6, 6.07) is 6.90. The van der Waals surface area contributed by atoms with Crippen molar-refractivity contribution in [3.05, 3.63) is 29.8 Å². The van der Waals surface area contributed by atoms with Crippen LogP contribution in [0.4, 0.5) is 10.5 Å². The SMILES string of the molecule is CC(C)(C(=O)O)c1ccc(N)cc1.CCOC(=O)Cl. The van der Waals surface area contributed by atoms with Gasteiger partial charge in [-0.3, -0.25) is 4.79 Å². The van der Waals surface area contributed by atoms with Crippen LogP contribution in [0.15, 0.2) is 24.3 Å². The molecular formula is C13H18ClNO4. The first-order valence-electron chi connectivity index (χ1n) is 5.63. The highest BCUT2D eigenvalue weighted by molar-refractivity contribution is 6.61. The van der Waals surface area contributed by atoms with Crippen LogP contribution in [-0.2, 0) is 14.9 Å². The van der Waals surface area contributed by atoms with Crippen LogP contribution in [0, 0.1) is 0 Å². The van der Waals surface area contributed by atoms with Gasteiger partial charge in [0.2, 0.25) is 0 Å². The molecule has 0 bridgehead atoms. The second-order valence-electron chi connectivity index (χ2n) is 4.22. The Bertz CT molecular complexity index is 429. The summed E-state index contributed by atoms with van der Waals surface area (Å²) in [7, 11) is 0. The minimum absolute atomic E-state index is 0.350. The molecule has 1 aromatic carbocycles. The zero-order valence-corrected chi connectivity index (χ0v) is 11.9. The van der Waals surface area contributed by atoms with Crippen molar-refractivity contribution in [2.45, 2.75) is 26.2 Å². The van der Waals surface area contributed by atoms with Gasteiger partial charge in [-0.25, -0.2) is 4.79 Å². The average Bonchev–Trinajstić information content (AvgIpc) is 2.30. The summed E-state index contributed by atoms with van der Waals surface area (Å²) in [6.45, 7) is 5.38. The lowest BCUT2D eigenvalue weighted by atomic mass is 9.85. The number of carbonyl (C=O) groups excluding carboxylic acids is 1. The van der Waals surface area contributed by atoms with E-state index in [2.05, 4.69) is 4.74 Å². The molecule has 0 radical (unpaired) electrons. The van der Waals surface area contributed by atoms with Crippen LogP contribution in [0.2, 0.25) is 0 Å². The summed E-state index contributed by atoms with van der Waals surface area (Å²) >= 11 is 4.72. The van der Waals surface area contributed by atoms with Crippen molar-refractivity contribution in [2.75, 3.05) is 12.3 Å². The number of halogens is 1. The molecule has 1 rings (SSSR count). The minimum atomic E-state index is -0.853. The van der Waals surface area contributed by atoms with Gasteiger partial charge in [-0.2, -0.15) is 0 Å². The van der Waals surface area contributed by atoms with Crippen molar-refractivity contribution >= 4 is 28.7 Å². The van der Waals surface area contributed by atoms with Gasteiger partial charge >= 0.3 is 11.4 Å². The molecule has 5 nitrogen and oxygen atoms in total. The molecular weight excluding hydrogens is 270 g/mol. The Kier molecular flexibility index (Phi) is 6.93. The molecule has 19 heavy (non-hydrogen) atoms. The number of benzene rings is 1. The lowest BCUT2D eigenvalue weighted by molar-refractivity contribution is -0.142. The van der Waals surface area contributed by atoms with Crippen LogP contribution < -0.4 is 5.73 Å². The Hall–Kier alpha value is -1.75. The van der Waals surface area contributed by atoms with E-state index in [4.69, 9.17) is 22.4 Å². The van der Waals surface area contributed by atoms with Gasteiger partial charge < -0.3 is 15.6 Å². The quantitative estimate of drug-likeness (QED) is 0.659. The molecule has 0 heterocycles. The number of aliphatic carboxylic acids is 1. The second-order valence-corrected chi connectivity index (χ2v) is 4.53. The van der Waals surface area contributed by atoms with Crippen LogP contribution in [0.25, 0.3) is 0 Å². The largest absolute Gasteiger partial charge is 0.481 e. The van der Waals surface area contributed by atoms with Crippen molar-refractivity contribution in [1.29, 1.82) is 0 Å². The third-order valence-corrected chi connectivity index (χ3v) is 2.53. The van der Waals surface area contributed by atoms with Crippen LogP contribution >= 0.6 is 11.6 Å². The fourth-order valence-corrected chi connectivity index (χ4v) is 1.25. The number of nitrogen functional groups attached to an aromatic ring is 1. The molecule has 0 aliphatic heterocycles. The number of carbonyl (C=O) groups is 2. The number of carboxylic acid groups (broad SMARTS) is 1. The zero-order chi connectivity index (χ0) is 15.1. The van der Waals surface area contributed by atoms with Crippen LogP contribution in [-0.4, -0.2) is 23.1 Å². The lowest BCUT2D eigenvalue weighted by Gasteiger charge is -2.19. The number of anilines is 1. The van der Waals surface area contributed by atoms with E-state index in [1.54, 1.807) is 45.0 Å².